The molecule has 0 N–H and O–H groups in total. The van der Waals surface area contributed by atoms with Gasteiger partial charge < -0.3 is 4.90 Å². The third kappa shape index (κ3) is 2.79. The molecule has 66 valence electrons. The minimum Gasteiger partial charge on any atom is -0.303 e. The van der Waals surface area contributed by atoms with Gasteiger partial charge in [0.2, 0.25) is 0 Å². The first-order valence-corrected chi connectivity index (χ1v) is 5.97. The largest absolute Gasteiger partial charge is 0.303 e. The van der Waals surface area contributed by atoms with Crippen molar-refractivity contribution in [3.63, 3.8) is 0 Å². The summed E-state index contributed by atoms with van der Waals surface area (Å²) in [7, 11) is -2.74. The molecule has 1 fully saturated rings. The highest BCUT2D eigenvalue weighted by Gasteiger charge is 2.27. The van der Waals surface area contributed by atoms with Crippen molar-refractivity contribution >= 4 is 9.84 Å². The van der Waals surface area contributed by atoms with Gasteiger partial charge in [0.05, 0.1) is 5.75 Å². The summed E-state index contributed by atoms with van der Waals surface area (Å²) in [5, 5.41) is 0. The van der Waals surface area contributed by atoms with Gasteiger partial charge in [0, 0.05) is 19.3 Å². The fourth-order valence-corrected chi connectivity index (χ4v) is 2.54. The van der Waals surface area contributed by atoms with Crippen molar-refractivity contribution in [1.29, 1.82) is 0 Å². The van der Waals surface area contributed by atoms with Crippen molar-refractivity contribution < 1.29 is 8.42 Å². The van der Waals surface area contributed by atoms with Gasteiger partial charge in [-0.05, 0) is 12.5 Å². The van der Waals surface area contributed by atoms with E-state index in [-0.39, 0.29) is 0 Å². The molecule has 4 heteroatoms. The average molecular weight is 177 g/mol. The summed E-state index contributed by atoms with van der Waals surface area (Å²) < 4.78 is 21.6. The van der Waals surface area contributed by atoms with E-state index in [0.717, 1.165) is 19.6 Å². The van der Waals surface area contributed by atoms with E-state index in [9.17, 15) is 8.42 Å². The monoisotopic (exact) mass is 177 g/mol. The number of likely N-dealkylation sites (tertiary alicyclic amines) is 1. The molecule has 0 aromatic carbocycles. The average Bonchev–Trinajstić information content (AvgIpc) is 1.75. The Morgan fingerprint density at radius 3 is 2.36 bits per heavy atom. The normalized spacial score (nSPS) is 21.6. The molecule has 1 heterocycles. The van der Waals surface area contributed by atoms with Gasteiger partial charge in [0.15, 0.2) is 0 Å². The van der Waals surface area contributed by atoms with Crippen LogP contribution in [0, 0.1) is 5.92 Å². The molecule has 11 heavy (non-hydrogen) atoms. The smallest absolute Gasteiger partial charge is 0.147 e. The van der Waals surface area contributed by atoms with E-state index in [4.69, 9.17) is 0 Å². The Hall–Kier alpha value is -0.0900. The van der Waals surface area contributed by atoms with E-state index in [1.807, 2.05) is 0 Å². The van der Waals surface area contributed by atoms with Crippen molar-refractivity contribution in [2.24, 2.45) is 5.92 Å². The zero-order valence-electron chi connectivity index (χ0n) is 7.08. The molecule has 0 spiro atoms. The lowest BCUT2D eigenvalue weighted by Crippen LogP contribution is -2.48. The Kier molecular flexibility index (Phi) is 2.54. The fourth-order valence-electron chi connectivity index (χ4n) is 1.47. The molecule has 0 aromatic rings. The molecule has 0 saturated carbocycles. The van der Waals surface area contributed by atoms with Gasteiger partial charge in [-0.2, -0.15) is 0 Å². The van der Waals surface area contributed by atoms with Crippen molar-refractivity contribution in [3.05, 3.63) is 0 Å². The van der Waals surface area contributed by atoms with Gasteiger partial charge in [-0.1, -0.05) is 6.92 Å². The number of rotatable bonds is 3. The summed E-state index contributed by atoms with van der Waals surface area (Å²) >= 11 is 0. The number of sulfone groups is 1. The second-order valence-electron chi connectivity index (χ2n) is 3.31. The van der Waals surface area contributed by atoms with Crippen molar-refractivity contribution in [3.8, 4) is 0 Å². The van der Waals surface area contributed by atoms with Crippen LogP contribution in [0.25, 0.3) is 0 Å². The molecule has 0 unspecified atom stereocenters. The number of nitrogens with zero attached hydrogens (tertiary/aromatic N) is 1. The van der Waals surface area contributed by atoms with E-state index in [1.54, 1.807) is 0 Å². The summed E-state index contributed by atoms with van der Waals surface area (Å²) in [5.74, 6) is 0.758. The summed E-state index contributed by atoms with van der Waals surface area (Å²) in [4.78, 5) is 2.25. The molecule has 0 aromatic heterocycles. The first-order chi connectivity index (χ1) is 5.01. The van der Waals surface area contributed by atoms with E-state index in [0.29, 0.717) is 11.7 Å². The molecule has 1 rings (SSSR count). The zero-order chi connectivity index (χ0) is 8.48. The molecule has 0 bridgehead atoms. The van der Waals surface area contributed by atoms with E-state index in [1.165, 1.54) is 6.26 Å². The maximum atomic E-state index is 10.8. The van der Waals surface area contributed by atoms with Gasteiger partial charge in [-0.3, -0.25) is 0 Å². The van der Waals surface area contributed by atoms with Crippen LogP contribution in [0.5, 0.6) is 0 Å². The third-order valence-electron chi connectivity index (χ3n) is 2.02. The summed E-state index contributed by atoms with van der Waals surface area (Å²) in [5.41, 5.74) is 0. The number of hydrogen-bond acceptors (Lipinski definition) is 3. The van der Waals surface area contributed by atoms with Crippen LogP contribution in [0.1, 0.15) is 6.92 Å². The molecule has 0 atom stereocenters. The predicted octanol–water partition coefficient (Wildman–Crippen LogP) is -0.0173. The quantitative estimate of drug-likeness (QED) is 0.608. The minimum atomic E-state index is -2.74. The number of hydrogen-bond donors (Lipinski definition) is 0. The third-order valence-corrected chi connectivity index (χ3v) is 3.10. The van der Waals surface area contributed by atoms with Crippen LogP contribution in [-0.4, -0.2) is 45.0 Å². The molecule has 0 aliphatic carbocycles. The van der Waals surface area contributed by atoms with Gasteiger partial charge in [-0.25, -0.2) is 8.42 Å². The van der Waals surface area contributed by atoms with E-state index < -0.39 is 9.84 Å². The first kappa shape index (κ1) is 9.00. The molecule has 0 radical (unpaired) electrons. The van der Waals surface area contributed by atoms with Crippen molar-refractivity contribution in [2.45, 2.75) is 6.92 Å². The van der Waals surface area contributed by atoms with Gasteiger partial charge in [0.25, 0.3) is 0 Å². The minimum absolute atomic E-state index is 0.365. The van der Waals surface area contributed by atoms with Crippen LogP contribution < -0.4 is 0 Å². The van der Waals surface area contributed by atoms with Crippen LogP contribution in [-0.2, 0) is 9.84 Å². The van der Waals surface area contributed by atoms with E-state index >= 15 is 0 Å². The van der Waals surface area contributed by atoms with Gasteiger partial charge in [-0.15, -0.1) is 0 Å². The van der Waals surface area contributed by atoms with Gasteiger partial charge in [0.1, 0.15) is 9.84 Å². The summed E-state index contributed by atoms with van der Waals surface area (Å²) in [6, 6.07) is 0. The highest BCUT2D eigenvalue weighted by atomic mass is 32.2. The zero-order valence-corrected chi connectivity index (χ0v) is 7.89. The Bertz CT molecular complexity index is 217. The van der Waals surface area contributed by atoms with Crippen LogP contribution in [0.3, 0.4) is 0 Å². The lowest BCUT2D eigenvalue weighted by Gasteiger charge is -2.37. The maximum Gasteiger partial charge on any atom is 0.147 e. The standard InChI is InChI=1S/C7H15NO2S/c1-3-8-4-7(5-8)6-11(2,9)10/h7H,3-6H2,1-2H3. The van der Waals surface area contributed by atoms with Crippen LogP contribution in [0.2, 0.25) is 0 Å². The summed E-state index contributed by atoms with van der Waals surface area (Å²) in [6.07, 6.45) is 1.31. The lowest BCUT2D eigenvalue weighted by atomic mass is 10.0. The lowest BCUT2D eigenvalue weighted by molar-refractivity contribution is 0.123. The van der Waals surface area contributed by atoms with E-state index in [2.05, 4.69) is 11.8 Å². The fraction of sp³-hybridized carbons (Fsp3) is 1.00. The Balaban J connectivity index is 2.24. The van der Waals surface area contributed by atoms with Crippen molar-refractivity contribution in [1.82, 2.24) is 4.90 Å². The Morgan fingerprint density at radius 1 is 1.45 bits per heavy atom. The molecule has 0 amide bonds. The molecular formula is C7H15NO2S. The molecule has 1 aliphatic heterocycles. The Labute approximate surface area is 68.3 Å². The molecule has 3 nitrogen and oxygen atoms in total. The highest BCUT2D eigenvalue weighted by molar-refractivity contribution is 7.90. The maximum absolute atomic E-state index is 10.8. The SMILES string of the molecule is CCN1CC(CS(C)(=O)=O)C1. The van der Waals surface area contributed by atoms with Crippen LogP contribution in [0.4, 0.5) is 0 Å². The van der Waals surface area contributed by atoms with Crippen LogP contribution in [0.15, 0.2) is 0 Å². The predicted molar refractivity (Wildman–Crippen MR) is 45.3 cm³/mol. The van der Waals surface area contributed by atoms with Crippen LogP contribution >= 0.6 is 0 Å². The Morgan fingerprint density at radius 2 is 2.00 bits per heavy atom. The molecule has 1 aliphatic rings. The van der Waals surface area contributed by atoms with Gasteiger partial charge >= 0.3 is 0 Å². The molecule has 1 saturated heterocycles. The second-order valence-corrected chi connectivity index (χ2v) is 5.50. The topological polar surface area (TPSA) is 37.4 Å². The highest BCUT2D eigenvalue weighted by Crippen LogP contribution is 2.15. The molecular weight excluding hydrogens is 162 g/mol. The first-order valence-electron chi connectivity index (χ1n) is 3.91. The summed E-state index contributed by atoms with van der Waals surface area (Å²) in [6.45, 7) is 5.06. The second kappa shape index (κ2) is 3.11. The van der Waals surface area contributed by atoms with Crippen molar-refractivity contribution in [2.75, 3.05) is 31.6 Å².